The van der Waals surface area contributed by atoms with E-state index in [0.29, 0.717) is 40.0 Å². The van der Waals surface area contributed by atoms with Gasteiger partial charge in [-0.3, -0.25) is 9.59 Å². The van der Waals surface area contributed by atoms with Crippen LogP contribution in [0.3, 0.4) is 0 Å². The summed E-state index contributed by atoms with van der Waals surface area (Å²) in [5.74, 6) is -0.344. The first kappa shape index (κ1) is 23.5. The number of hydrogen-bond donors (Lipinski definition) is 1. The van der Waals surface area contributed by atoms with Crippen molar-refractivity contribution in [2.75, 3.05) is 6.54 Å². The molecule has 0 bridgehead atoms. The Labute approximate surface area is 187 Å². The van der Waals surface area contributed by atoms with E-state index in [1.165, 1.54) is 0 Å². The smallest absolute Gasteiger partial charge is 0.242 e. The predicted molar refractivity (Wildman–Crippen MR) is 120 cm³/mol. The molecule has 2 amide bonds. The van der Waals surface area contributed by atoms with Gasteiger partial charge in [-0.1, -0.05) is 66.0 Å². The molecule has 0 radical (unpaired) electrons. The van der Waals surface area contributed by atoms with E-state index in [1.807, 2.05) is 32.0 Å². The maximum Gasteiger partial charge on any atom is 0.242 e. The van der Waals surface area contributed by atoms with Crippen molar-refractivity contribution in [1.82, 2.24) is 10.2 Å². The number of rotatable bonds is 9. The van der Waals surface area contributed by atoms with Crippen LogP contribution < -0.4 is 5.32 Å². The van der Waals surface area contributed by atoms with E-state index in [4.69, 9.17) is 34.8 Å². The third-order valence-corrected chi connectivity index (χ3v) is 5.77. The number of halogens is 3. The fourth-order valence-corrected chi connectivity index (χ4v) is 3.90. The molecule has 0 aliphatic heterocycles. The monoisotopic (exact) mass is 454 g/mol. The lowest BCUT2D eigenvalue weighted by Crippen LogP contribution is -2.49. The summed E-state index contributed by atoms with van der Waals surface area (Å²) in [6.07, 6.45) is 1.19. The van der Waals surface area contributed by atoms with Crippen molar-refractivity contribution in [2.24, 2.45) is 0 Å². The fraction of sp³-hybridized carbons (Fsp3) is 0.364. The van der Waals surface area contributed by atoms with Gasteiger partial charge in [0.1, 0.15) is 6.04 Å². The van der Waals surface area contributed by atoms with Crippen molar-refractivity contribution >= 4 is 46.6 Å². The van der Waals surface area contributed by atoms with Crippen molar-refractivity contribution in [3.8, 4) is 0 Å². The fourth-order valence-electron chi connectivity index (χ4n) is 3.15. The molecule has 1 N–H and O–H groups in total. The number of amides is 2. The molecule has 7 heteroatoms. The molecule has 0 spiro atoms. The van der Waals surface area contributed by atoms with Gasteiger partial charge in [0.2, 0.25) is 11.8 Å². The molecule has 1 atom stereocenters. The molecule has 0 fully saturated rings. The van der Waals surface area contributed by atoms with Crippen LogP contribution in [0.5, 0.6) is 0 Å². The van der Waals surface area contributed by atoms with Gasteiger partial charge in [0, 0.05) is 40.1 Å². The van der Waals surface area contributed by atoms with Crippen LogP contribution in [0.2, 0.25) is 15.1 Å². The minimum atomic E-state index is -0.610. The minimum absolute atomic E-state index is 0.154. The van der Waals surface area contributed by atoms with Gasteiger partial charge in [0.05, 0.1) is 0 Å². The number of likely N-dealkylation sites (N-methyl/N-ethyl adjacent to an activating group) is 1. The van der Waals surface area contributed by atoms with Crippen LogP contribution in [0.1, 0.15) is 37.8 Å². The molecule has 156 valence electrons. The second-order valence-corrected chi connectivity index (χ2v) is 7.85. The average molecular weight is 456 g/mol. The Hall–Kier alpha value is -1.75. The summed E-state index contributed by atoms with van der Waals surface area (Å²) >= 11 is 18.9. The van der Waals surface area contributed by atoms with E-state index in [0.717, 1.165) is 5.56 Å². The molecular weight excluding hydrogens is 431 g/mol. The number of carbonyl (C=O) groups is 2. The molecule has 0 heterocycles. The van der Waals surface area contributed by atoms with Gasteiger partial charge in [-0.05, 0) is 43.5 Å². The van der Waals surface area contributed by atoms with Crippen LogP contribution in [0.4, 0.5) is 0 Å². The Balaban J connectivity index is 2.28. The van der Waals surface area contributed by atoms with Crippen LogP contribution in [0, 0.1) is 0 Å². The predicted octanol–water partition coefficient (Wildman–Crippen LogP) is 5.52. The summed E-state index contributed by atoms with van der Waals surface area (Å²) < 4.78 is 0. The lowest BCUT2D eigenvalue weighted by Gasteiger charge is -2.31. The van der Waals surface area contributed by atoms with Gasteiger partial charge in [-0.2, -0.15) is 0 Å². The summed E-state index contributed by atoms with van der Waals surface area (Å²) in [5.41, 5.74) is 1.52. The van der Waals surface area contributed by atoms with Crippen LogP contribution >= 0.6 is 34.8 Å². The SMILES string of the molecule is CCNC(=O)[C@H](CC)N(Cc1c(Cl)cccc1Cl)C(=O)CCc1ccccc1Cl. The molecule has 0 saturated carbocycles. The first-order valence-corrected chi connectivity index (χ1v) is 10.8. The number of nitrogens with one attached hydrogen (secondary N) is 1. The topological polar surface area (TPSA) is 49.4 Å². The second kappa shape index (κ2) is 11.4. The molecule has 2 rings (SSSR count). The third-order valence-electron chi connectivity index (χ3n) is 4.69. The maximum atomic E-state index is 13.2. The van der Waals surface area contributed by atoms with Gasteiger partial charge >= 0.3 is 0 Å². The first-order chi connectivity index (χ1) is 13.9. The minimum Gasteiger partial charge on any atom is -0.355 e. The summed E-state index contributed by atoms with van der Waals surface area (Å²) in [6, 6.07) is 12.0. The van der Waals surface area contributed by atoms with Crippen molar-refractivity contribution in [3.05, 3.63) is 68.7 Å². The molecule has 0 aliphatic rings. The summed E-state index contributed by atoms with van der Waals surface area (Å²) in [4.78, 5) is 27.4. The zero-order chi connectivity index (χ0) is 21.4. The van der Waals surface area contributed by atoms with Crippen LogP contribution in [0.15, 0.2) is 42.5 Å². The summed E-state index contributed by atoms with van der Waals surface area (Å²) in [6.45, 7) is 4.38. The van der Waals surface area contributed by atoms with Gasteiger partial charge in [0.15, 0.2) is 0 Å². The second-order valence-electron chi connectivity index (χ2n) is 6.63. The van der Waals surface area contributed by atoms with Crippen molar-refractivity contribution in [2.45, 2.75) is 45.7 Å². The molecule has 0 aliphatic carbocycles. The first-order valence-electron chi connectivity index (χ1n) is 9.62. The van der Waals surface area contributed by atoms with Gasteiger partial charge in [-0.15, -0.1) is 0 Å². The van der Waals surface area contributed by atoms with E-state index in [-0.39, 0.29) is 24.8 Å². The lowest BCUT2D eigenvalue weighted by molar-refractivity contribution is -0.141. The Morgan fingerprint density at radius 2 is 1.59 bits per heavy atom. The highest BCUT2D eigenvalue weighted by Gasteiger charge is 2.29. The molecule has 4 nitrogen and oxygen atoms in total. The Morgan fingerprint density at radius 1 is 0.966 bits per heavy atom. The highest BCUT2D eigenvalue weighted by Crippen LogP contribution is 2.27. The van der Waals surface area contributed by atoms with E-state index in [9.17, 15) is 9.59 Å². The average Bonchev–Trinajstić information content (AvgIpc) is 2.69. The number of aryl methyl sites for hydroxylation is 1. The molecular formula is C22H25Cl3N2O2. The van der Waals surface area contributed by atoms with Crippen molar-refractivity contribution < 1.29 is 9.59 Å². The van der Waals surface area contributed by atoms with Gasteiger partial charge in [0.25, 0.3) is 0 Å². The van der Waals surface area contributed by atoms with E-state index < -0.39 is 6.04 Å². The molecule has 2 aromatic rings. The van der Waals surface area contributed by atoms with E-state index in [2.05, 4.69) is 5.32 Å². The Kier molecular flexibility index (Phi) is 9.28. The summed E-state index contributed by atoms with van der Waals surface area (Å²) in [5, 5.41) is 4.36. The number of carbonyl (C=O) groups excluding carboxylic acids is 2. The van der Waals surface area contributed by atoms with Crippen LogP contribution in [0.25, 0.3) is 0 Å². The standard InChI is InChI=1S/C22H25Cl3N2O2/c1-3-20(22(29)26-4-2)27(14-16-18(24)10-7-11-19(16)25)21(28)13-12-15-8-5-6-9-17(15)23/h5-11,20H,3-4,12-14H2,1-2H3,(H,26,29)/t20-/m0/s1. The Bertz CT molecular complexity index is 837. The molecule has 0 unspecified atom stereocenters. The van der Waals surface area contributed by atoms with Crippen LogP contribution in [-0.4, -0.2) is 29.3 Å². The van der Waals surface area contributed by atoms with E-state index >= 15 is 0 Å². The Morgan fingerprint density at radius 3 is 2.17 bits per heavy atom. The van der Waals surface area contributed by atoms with Gasteiger partial charge in [-0.25, -0.2) is 0 Å². The van der Waals surface area contributed by atoms with E-state index in [1.54, 1.807) is 29.2 Å². The van der Waals surface area contributed by atoms with Gasteiger partial charge < -0.3 is 10.2 Å². The highest BCUT2D eigenvalue weighted by molar-refractivity contribution is 6.36. The summed E-state index contributed by atoms with van der Waals surface area (Å²) in [7, 11) is 0. The molecule has 0 aromatic heterocycles. The number of nitrogens with zero attached hydrogens (tertiary/aromatic N) is 1. The zero-order valence-corrected chi connectivity index (χ0v) is 18.8. The number of benzene rings is 2. The maximum absolute atomic E-state index is 13.2. The highest BCUT2D eigenvalue weighted by atomic mass is 35.5. The largest absolute Gasteiger partial charge is 0.355 e. The normalized spacial score (nSPS) is 11.8. The molecule has 0 saturated heterocycles. The van der Waals surface area contributed by atoms with Crippen molar-refractivity contribution in [3.63, 3.8) is 0 Å². The lowest BCUT2D eigenvalue weighted by atomic mass is 10.1. The molecule has 29 heavy (non-hydrogen) atoms. The van der Waals surface area contributed by atoms with Crippen molar-refractivity contribution in [1.29, 1.82) is 0 Å². The zero-order valence-electron chi connectivity index (χ0n) is 16.6. The molecule has 2 aromatic carbocycles. The van der Waals surface area contributed by atoms with Crippen LogP contribution in [-0.2, 0) is 22.6 Å². The quantitative estimate of drug-likeness (QED) is 0.541. The number of hydrogen-bond acceptors (Lipinski definition) is 2. The third kappa shape index (κ3) is 6.36.